The first-order valence-corrected chi connectivity index (χ1v) is 13.8. The molecule has 0 heterocycles. The second-order valence-corrected chi connectivity index (χ2v) is 11.2. The molecule has 0 saturated heterocycles. The molecule has 1 atom stereocenters. The largest absolute Gasteiger partial charge is 0.355 e. The predicted octanol–water partition coefficient (Wildman–Crippen LogP) is 4.05. The Morgan fingerprint density at radius 1 is 0.946 bits per heavy atom. The molecule has 0 saturated carbocycles. The first-order chi connectivity index (χ1) is 17.6. The molecule has 3 aromatic rings. The Kier molecular flexibility index (Phi) is 9.86. The van der Waals surface area contributed by atoms with Gasteiger partial charge in [0, 0.05) is 31.6 Å². The van der Waals surface area contributed by atoms with E-state index in [9.17, 15) is 18.0 Å². The van der Waals surface area contributed by atoms with Crippen molar-refractivity contribution < 1.29 is 18.0 Å². The van der Waals surface area contributed by atoms with Gasteiger partial charge in [-0.15, -0.1) is 0 Å². The molecular formula is C28H32ClN3O4S. The quantitative estimate of drug-likeness (QED) is 0.397. The number of nitrogens with zero attached hydrogens (tertiary/aromatic N) is 2. The molecular weight excluding hydrogens is 510 g/mol. The molecule has 2 amide bonds. The summed E-state index contributed by atoms with van der Waals surface area (Å²) in [4.78, 5) is 28.5. The molecule has 0 spiro atoms. The lowest BCUT2D eigenvalue weighted by Gasteiger charge is -2.33. The molecule has 0 aliphatic rings. The Morgan fingerprint density at radius 2 is 1.57 bits per heavy atom. The minimum absolute atomic E-state index is 0.0298. The van der Waals surface area contributed by atoms with E-state index in [1.165, 1.54) is 36.2 Å². The fourth-order valence-electron chi connectivity index (χ4n) is 3.97. The number of rotatable bonds is 11. The van der Waals surface area contributed by atoms with Crippen molar-refractivity contribution in [3.05, 3.63) is 101 Å². The molecule has 0 aliphatic carbocycles. The van der Waals surface area contributed by atoms with Crippen molar-refractivity contribution in [1.82, 2.24) is 14.5 Å². The number of nitrogens with one attached hydrogen (secondary N) is 1. The van der Waals surface area contributed by atoms with E-state index in [1.54, 1.807) is 0 Å². The van der Waals surface area contributed by atoms with Crippen molar-refractivity contribution in [2.24, 2.45) is 0 Å². The first kappa shape index (κ1) is 28.4. The van der Waals surface area contributed by atoms with Gasteiger partial charge in [-0.25, -0.2) is 8.42 Å². The van der Waals surface area contributed by atoms with Crippen LogP contribution in [-0.2, 0) is 32.6 Å². The maximum Gasteiger partial charge on any atom is 0.243 e. The van der Waals surface area contributed by atoms with E-state index in [2.05, 4.69) is 5.32 Å². The lowest BCUT2D eigenvalue weighted by molar-refractivity contribution is -0.141. The zero-order valence-electron chi connectivity index (χ0n) is 21.2. The summed E-state index contributed by atoms with van der Waals surface area (Å²) in [5.41, 5.74) is 2.74. The van der Waals surface area contributed by atoms with Gasteiger partial charge in [-0.1, -0.05) is 66.2 Å². The van der Waals surface area contributed by atoms with Crippen LogP contribution in [-0.4, -0.2) is 55.6 Å². The van der Waals surface area contributed by atoms with Gasteiger partial charge in [0.1, 0.15) is 6.04 Å². The smallest absolute Gasteiger partial charge is 0.243 e. The van der Waals surface area contributed by atoms with Gasteiger partial charge in [0.15, 0.2) is 0 Å². The third-order valence-electron chi connectivity index (χ3n) is 6.10. The molecule has 0 bridgehead atoms. The van der Waals surface area contributed by atoms with Crippen LogP contribution in [0.25, 0.3) is 0 Å². The van der Waals surface area contributed by atoms with Crippen LogP contribution in [0.3, 0.4) is 0 Å². The van der Waals surface area contributed by atoms with Gasteiger partial charge in [0.2, 0.25) is 21.8 Å². The summed E-state index contributed by atoms with van der Waals surface area (Å²) in [5.74, 6) is -0.771. The number of carbonyl (C=O) groups excluding carboxylic acids is 2. The van der Waals surface area contributed by atoms with Crippen LogP contribution in [0.5, 0.6) is 0 Å². The summed E-state index contributed by atoms with van der Waals surface area (Å²) >= 11 is 5.91. The number of amides is 2. The Labute approximate surface area is 224 Å². The number of hydrogen-bond donors (Lipinski definition) is 1. The maximum atomic E-state index is 13.8. The number of halogens is 1. The topological polar surface area (TPSA) is 86.8 Å². The van der Waals surface area contributed by atoms with Gasteiger partial charge in [0.25, 0.3) is 0 Å². The predicted molar refractivity (Wildman–Crippen MR) is 146 cm³/mol. The number of hydrogen-bond acceptors (Lipinski definition) is 4. The van der Waals surface area contributed by atoms with Crippen molar-refractivity contribution in [3.8, 4) is 0 Å². The zero-order chi connectivity index (χ0) is 27.0. The van der Waals surface area contributed by atoms with E-state index in [4.69, 9.17) is 11.6 Å². The Balaban J connectivity index is 1.96. The fraction of sp³-hybridized carbons (Fsp3) is 0.286. The van der Waals surface area contributed by atoms with E-state index >= 15 is 0 Å². The van der Waals surface area contributed by atoms with Gasteiger partial charge < -0.3 is 10.2 Å². The van der Waals surface area contributed by atoms with Crippen LogP contribution in [0.1, 0.15) is 23.6 Å². The van der Waals surface area contributed by atoms with Gasteiger partial charge >= 0.3 is 0 Å². The lowest BCUT2D eigenvalue weighted by atomic mass is 10.0. The fourth-order valence-corrected chi connectivity index (χ4v) is 5.22. The third kappa shape index (κ3) is 7.41. The molecule has 3 aromatic carbocycles. The number of aryl methyl sites for hydroxylation is 1. The van der Waals surface area contributed by atoms with Crippen molar-refractivity contribution in [2.45, 2.75) is 37.8 Å². The SMILES string of the molecule is CCNC(=O)[C@@H](Cc1ccccc1)N(Cc1ccccc1C)C(=O)CN(C)S(=O)(=O)c1ccc(Cl)cc1. The number of benzene rings is 3. The summed E-state index contributed by atoms with van der Waals surface area (Å²) in [6.45, 7) is 3.89. The molecule has 1 N–H and O–H groups in total. The number of sulfonamides is 1. The van der Waals surface area contributed by atoms with E-state index in [-0.39, 0.29) is 23.8 Å². The second kappa shape index (κ2) is 12.9. The first-order valence-electron chi connectivity index (χ1n) is 12.0. The molecule has 37 heavy (non-hydrogen) atoms. The summed E-state index contributed by atoms with van der Waals surface area (Å²) < 4.78 is 27.3. The zero-order valence-corrected chi connectivity index (χ0v) is 22.8. The van der Waals surface area contributed by atoms with E-state index < -0.39 is 28.5 Å². The van der Waals surface area contributed by atoms with Gasteiger partial charge in [0.05, 0.1) is 11.4 Å². The van der Waals surface area contributed by atoms with E-state index in [0.717, 1.165) is 21.0 Å². The average molecular weight is 542 g/mol. The normalized spacial score (nSPS) is 12.2. The van der Waals surface area contributed by atoms with Crippen molar-refractivity contribution in [2.75, 3.05) is 20.1 Å². The molecule has 3 rings (SSSR count). The minimum Gasteiger partial charge on any atom is -0.355 e. The molecule has 0 radical (unpaired) electrons. The van der Waals surface area contributed by atoms with Gasteiger partial charge in [-0.3, -0.25) is 9.59 Å². The van der Waals surface area contributed by atoms with Crippen LogP contribution in [0.4, 0.5) is 0 Å². The maximum absolute atomic E-state index is 13.8. The van der Waals surface area contributed by atoms with Crippen LogP contribution in [0.2, 0.25) is 5.02 Å². The van der Waals surface area contributed by atoms with Crippen molar-refractivity contribution in [3.63, 3.8) is 0 Å². The number of carbonyl (C=O) groups is 2. The highest BCUT2D eigenvalue weighted by Crippen LogP contribution is 2.20. The van der Waals surface area contributed by atoms with Crippen molar-refractivity contribution >= 4 is 33.4 Å². The van der Waals surface area contributed by atoms with Crippen LogP contribution < -0.4 is 5.32 Å². The molecule has 196 valence electrons. The highest BCUT2D eigenvalue weighted by atomic mass is 35.5. The molecule has 0 fully saturated rings. The Bertz CT molecular complexity index is 1310. The standard InChI is InChI=1S/C28H32ClN3O4S/c1-4-30-28(34)26(18-22-11-6-5-7-12-22)32(19-23-13-9-8-10-21(23)2)27(33)20-31(3)37(35,36)25-16-14-24(29)15-17-25/h5-17,26H,4,18-20H2,1-3H3,(H,30,34)/t26-/m1/s1. The van der Waals surface area contributed by atoms with Gasteiger partial charge in [-0.2, -0.15) is 4.31 Å². The monoisotopic (exact) mass is 541 g/mol. The lowest BCUT2D eigenvalue weighted by Crippen LogP contribution is -2.53. The Hall–Kier alpha value is -3.20. The highest BCUT2D eigenvalue weighted by molar-refractivity contribution is 7.89. The highest BCUT2D eigenvalue weighted by Gasteiger charge is 2.33. The molecule has 7 nitrogen and oxygen atoms in total. The average Bonchev–Trinajstić information content (AvgIpc) is 2.88. The van der Waals surface area contributed by atoms with Gasteiger partial charge in [-0.05, 0) is 54.8 Å². The third-order valence-corrected chi connectivity index (χ3v) is 8.17. The second-order valence-electron chi connectivity index (χ2n) is 8.76. The summed E-state index contributed by atoms with van der Waals surface area (Å²) in [5, 5.41) is 3.25. The van der Waals surface area contributed by atoms with E-state index in [1.807, 2.05) is 68.4 Å². The van der Waals surface area contributed by atoms with Crippen LogP contribution >= 0.6 is 11.6 Å². The summed E-state index contributed by atoms with van der Waals surface area (Å²) in [6, 6.07) is 22.0. The number of likely N-dealkylation sites (N-methyl/N-ethyl adjacent to an activating group) is 2. The van der Waals surface area contributed by atoms with Crippen molar-refractivity contribution in [1.29, 1.82) is 0 Å². The van der Waals surface area contributed by atoms with Crippen LogP contribution in [0, 0.1) is 6.92 Å². The Morgan fingerprint density at radius 3 is 2.19 bits per heavy atom. The minimum atomic E-state index is -3.95. The van der Waals surface area contributed by atoms with E-state index in [0.29, 0.717) is 11.6 Å². The molecule has 0 aliphatic heterocycles. The van der Waals surface area contributed by atoms with Crippen LogP contribution in [0.15, 0.2) is 83.8 Å². The summed E-state index contributed by atoms with van der Waals surface area (Å²) in [6.07, 6.45) is 0.290. The molecule has 9 heteroatoms. The summed E-state index contributed by atoms with van der Waals surface area (Å²) in [7, 11) is -2.60. The molecule has 0 aromatic heterocycles. The molecule has 0 unspecified atom stereocenters.